The van der Waals surface area contributed by atoms with Gasteiger partial charge in [0.25, 0.3) is 17.7 Å². The summed E-state index contributed by atoms with van der Waals surface area (Å²) in [6.07, 6.45) is 0.0176. The van der Waals surface area contributed by atoms with Crippen LogP contribution in [-0.2, 0) is 30.5 Å². The van der Waals surface area contributed by atoms with Crippen LogP contribution in [0, 0.1) is 12.8 Å². The van der Waals surface area contributed by atoms with Crippen LogP contribution in [0.1, 0.15) is 119 Å². The Morgan fingerprint density at radius 1 is 0.750 bits per heavy atom. The number of carbonyl (C=O) groups excluding carboxylic acids is 7. The van der Waals surface area contributed by atoms with Gasteiger partial charge in [0, 0.05) is 79.5 Å². The van der Waals surface area contributed by atoms with E-state index in [-0.39, 0.29) is 60.8 Å². The zero-order chi connectivity index (χ0) is 62.2. The fourth-order valence-electron chi connectivity index (χ4n) is 9.38. The van der Waals surface area contributed by atoms with Crippen LogP contribution < -0.4 is 31.9 Å². The lowest BCUT2D eigenvalue weighted by Crippen LogP contribution is -2.47. The van der Waals surface area contributed by atoms with Crippen molar-refractivity contribution < 1.29 is 48.1 Å². The Balaban J connectivity index is 0.983. The molecule has 0 saturated carbocycles. The minimum atomic E-state index is -1.28. The monoisotopic (exact) mass is 1310 g/mol. The molecule has 7 N–H and O–H groups in total. The van der Waals surface area contributed by atoms with Gasteiger partial charge in [0.05, 0.1) is 59.4 Å². The van der Waals surface area contributed by atoms with E-state index in [0.717, 1.165) is 24.4 Å². The lowest BCUT2D eigenvalue weighted by molar-refractivity contribution is -0.133. The minimum Gasteiger partial charge on any atom is -0.449 e. The Morgan fingerprint density at radius 3 is 2.27 bits per heavy atom. The number of aryl methyl sites for hydroxylation is 1. The van der Waals surface area contributed by atoms with E-state index in [1.165, 1.54) is 70.8 Å². The van der Waals surface area contributed by atoms with Gasteiger partial charge in [0.15, 0.2) is 0 Å². The number of rotatable bonds is 13. The van der Waals surface area contributed by atoms with Crippen LogP contribution in [0.3, 0.4) is 0 Å². The first-order valence-electron chi connectivity index (χ1n) is 27.8. The van der Waals surface area contributed by atoms with Crippen molar-refractivity contribution in [3.05, 3.63) is 112 Å². The molecule has 0 radical (unpaired) electrons. The highest BCUT2D eigenvalue weighted by Crippen LogP contribution is 2.42. The van der Waals surface area contributed by atoms with Gasteiger partial charge < -0.3 is 51.0 Å². The van der Waals surface area contributed by atoms with Gasteiger partial charge in [-0.1, -0.05) is 44.2 Å². The van der Waals surface area contributed by atoms with Crippen LogP contribution in [0.25, 0.3) is 42.5 Å². The first-order valence-corrected chi connectivity index (χ1v) is 32.9. The summed E-state index contributed by atoms with van der Waals surface area (Å²) in [5.41, 5.74) is 2.37. The molecule has 460 valence electrons. The standard InChI is InChI=1S/C57H61N15O10S6/c1-28(2)42-56-70-45(37(88-56)24-81-6)49(78)59-23-40(74)67-46(47(76)30-11-8-7-9-12-30)55-64-35(26-84-55)52-60-22-36(87-52)44-31(51-63-34(25-83-51)48(77)62-33(21-39(73)58-4)54-69-43(29(3)86-54)50(79)68-42)14-15-32(61-44)53-65-38(27-85-53)66-57(80)82-20-10-13-41(75)72-18-16-71(5)17-19-72/h7-9,11-12,14-15,22,25-28,33,42,46-47,76H,10,13,16-21,23-24H2,1-6H3,(H,58,73)(H,59,78)(H,62,77)(H,66,80)(H,67,74)(H,68,79)/t33-,42-,46-,47-/m0/s1. The summed E-state index contributed by atoms with van der Waals surface area (Å²) in [5.74, 6) is -2.89. The van der Waals surface area contributed by atoms with E-state index in [2.05, 4.69) is 41.8 Å². The summed E-state index contributed by atoms with van der Waals surface area (Å²) < 4.78 is 10.9. The van der Waals surface area contributed by atoms with Crippen LogP contribution in [0.5, 0.6) is 0 Å². The van der Waals surface area contributed by atoms with Gasteiger partial charge in [0.1, 0.15) is 70.8 Å². The number of thiazole rings is 6. The van der Waals surface area contributed by atoms with Crippen molar-refractivity contribution in [1.82, 2.24) is 71.3 Å². The van der Waals surface area contributed by atoms with Crippen LogP contribution in [0.15, 0.2) is 64.8 Å². The second kappa shape index (κ2) is 28.5. The molecular weight excluding hydrogens is 1250 g/mol. The Kier molecular flexibility index (Phi) is 20.5. The molecule has 1 fully saturated rings. The van der Waals surface area contributed by atoms with Crippen molar-refractivity contribution in [2.45, 2.75) is 70.9 Å². The number of likely N-dealkylation sites (N-methyl/N-ethyl adjacent to an activating group) is 1. The zero-order valence-corrected chi connectivity index (χ0v) is 53.3. The maximum absolute atomic E-state index is 14.3. The fourth-order valence-corrected chi connectivity index (χ4v) is 15.0. The summed E-state index contributed by atoms with van der Waals surface area (Å²) in [6.45, 7) is 7.95. The largest absolute Gasteiger partial charge is 0.449 e. The molecule has 10 rings (SSSR count). The molecular formula is C57H61N15O10S6. The number of ether oxygens (including phenoxy) is 2. The van der Waals surface area contributed by atoms with Crippen molar-refractivity contribution >= 4 is 115 Å². The highest BCUT2D eigenvalue weighted by atomic mass is 32.1. The van der Waals surface area contributed by atoms with E-state index in [0.29, 0.717) is 92.4 Å². The van der Waals surface area contributed by atoms with Gasteiger partial charge in [-0.25, -0.2) is 39.7 Å². The quantitative estimate of drug-likeness (QED) is 0.0552. The number of piperazine rings is 1. The number of nitrogens with one attached hydrogen (secondary N) is 6. The number of methoxy groups -OCH3 is 1. The molecule has 88 heavy (non-hydrogen) atoms. The number of carbonyl (C=O) groups is 7. The normalized spacial score (nSPS) is 17.3. The maximum Gasteiger partial charge on any atom is 0.412 e. The molecule has 31 heteroatoms. The number of fused-ring (bicyclic) bond motifs is 14. The minimum absolute atomic E-state index is 0.000467. The first-order chi connectivity index (χ1) is 42.4. The summed E-state index contributed by atoms with van der Waals surface area (Å²) in [7, 11) is 4.96. The van der Waals surface area contributed by atoms with Crippen LogP contribution in [0.2, 0.25) is 0 Å². The smallest absolute Gasteiger partial charge is 0.412 e. The van der Waals surface area contributed by atoms with Crippen LogP contribution in [-0.4, -0.2) is 152 Å². The molecule has 2 aliphatic rings. The molecule has 25 nitrogen and oxygen atoms in total. The lowest BCUT2D eigenvalue weighted by Gasteiger charge is -2.32. The number of aliphatic hydroxyl groups excluding tert-OH is 1. The Hall–Kier alpha value is -7.88. The van der Waals surface area contributed by atoms with Gasteiger partial charge in [-0.05, 0) is 44.0 Å². The number of anilines is 1. The van der Waals surface area contributed by atoms with E-state index < -0.39 is 66.4 Å². The average molecular weight is 1310 g/mol. The highest BCUT2D eigenvalue weighted by Gasteiger charge is 2.33. The number of aliphatic hydroxyl groups is 1. The fraction of sp³-hybridized carbons (Fsp3) is 0.368. The third kappa shape index (κ3) is 15.0. The van der Waals surface area contributed by atoms with Crippen molar-refractivity contribution in [2.75, 3.05) is 65.9 Å². The predicted octanol–water partition coefficient (Wildman–Crippen LogP) is 7.41. The van der Waals surface area contributed by atoms with Crippen molar-refractivity contribution in [3.8, 4) is 42.5 Å². The number of benzene rings is 1. The van der Waals surface area contributed by atoms with Gasteiger partial charge in [-0.15, -0.1) is 68.0 Å². The molecule has 8 aromatic rings. The second-order valence-electron chi connectivity index (χ2n) is 20.7. The number of aromatic nitrogens is 7. The van der Waals surface area contributed by atoms with Gasteiger partial charge in [-0.2, -0.15) is 0 Å². The maximum atomic E-state index is 14.3. The summed E-state index contributed by atoms with van der Waals surface area (Å²) >= 11 is 7.16. The van der Waals surface area contributed by atoms with Crippen molar-refractivity contribution in [3.63, 3.8) is 0 Å². The molecule has 0 spiro atoms. The summed E-state index contributed by atoms with van der Waals surface area (Å²) in [6, 6.07) is 9.50. The molecule has 1 saturated heterocycles. The Labute approximate surface area is 528 Å². The van der Waals surface area contributed by atoms with Crippen molar-refractivity contribution in [2.24, 2.45) is 5.92 Å². The molecule has 9 heterocycles. The number of hydrogen-bond acceptors (Lipinski definition) is 24. The van der Waals surface area contributed by atoms with E-state index in [9.17, 15) is 38.7 Å². The molecule has 10 bridgehead atoms. The molecule has 7 aromatic heterocycles. The SMILES string of the molecule is CNC(=O)C[C@@H]1NC(=O)c2csc(n2)-c2ccc(-c3nc(NC(=O)OCCCC(=O)N4CCN(C)CC4)cs3)nc2-c2cnc(s2)-c2csc(n2)[C@H]([C@@H](O)c2ccccc2)NC(=O)CNC(=O)c2nc(sc2COC)[C@H](C(C)C)NC(=O)c2nc1sc2C. The van der Waals surface area contributed by atoms with E-state index in [1.807, 2.05) is 25.8 Å². The third-order valence-electron chi connectivity index (χ3n) is 14.1. The van der Waals surface area contributed by atoms with Crippen molar-refractivity contribution in [1.29, 1.82) is 0 Å². The topological polar surface area (TPSA) is 327 Å². The Morgan fingerprint density at radius 2 is 1.51 bits per heavy atom. The number of hydrogen-bond donors (Lipinski definition) is 7. The Bertz CT molecular complexity index is 3850. The number of nitrogens with zero attached hydrogens (tertiary/aromatic N) is 9. The molecule has 0 unspecified atom stereocenters. The molecule has 7 amide bonds. The first kappa shape index (κ1) is 63.1. The second-order valence-corrected chi connectivity index (χ2v) is 26.7. The van der Waals surface area contributed by atoms with Gasteiger partial charge >= 0.3 is 6.09 Å². The lowest BCUT2D eigenvalue weighted by atomic mass is 10.0. The van der Waals surface area contributed by atoms with Crippen LogP contribution in [0.4, 0.5) is 10.6 Å². The van der Waals surface area contributed by atoms with E-state index >= 15 is 0 Å². The summed E-state index contributed by atoms with van der Waals surface area (Å²) in [4.78, 5) is 134. The molecule has 2 aliphatic heterocycles. The number of amides is 7. The molecule has 4 atom stereocenters. The average Bonchev–Trinajstić information content (AvgIpc) is 3.26. The molecule has 1 aromatic carbocycles. The van der Waals surface area contributed by atoms with E-state index in [1.54, 1.807) is 71.7 Å². The predicted molar refractivity (Wildman–Crippen MR) is 335 cm³/mol. The zero-order valence-electron chi connectivity index (χ0n) is 48.4. The van der Waals surface area contributed by atoms with Crippen LogP contribution >= 0.6 is 68.0 Å². The highest BCUT2D eigenvalue weighted by molar-refractivity contribution is 7.19. The summed E-state index contributed by atoms with van der Waals surface area (Å²) in [5, 5.41) is 36.0. The molecule has 0 aliphatic carbocycles. The third-order valence-corrected chi connectivity index (χ3v) is 20.0. The number of pyridine rings is 1. The van der Waals surface area contributed by atoms with Gasteiger partial charge in [0.2, 0.25) is 17.7 Å². The van der Waals surface area contributed by atoms with Gasteiger partial charge in [-0.3, -0.25) is 34.1 Å². The van der Waals surface area contributed by atoms with E-state index in [4.69, 9.17) is 39.4 Å².